The highest BCUT2D eigenvalue weighted by molar-refractivity contribution is 5.96. The van der Waals surface area contributed by atoms with E-state index in [9.17, 15) is 5.11 Å². The molecule has 3 aromatic carbocycles. The molecule has 0 amide bonds. The predicted molar refractivity (Wildman–Crippen MR) is 91.9 cm³/mol. The van der Waals surface area contributed by atoms with Gasteiger partial charge in [0.15, 0.2) is 0 Å². The van der Waals surface area contributed by atoms with Gasteiger partial charge in [0.2, 0.25) is 0 Å². The van der Waals surface area contributed by atoms with Gasteiger partial charge in [-0.2, -0.15) is 0 Å². The zero-order valence-corrected chi connectivity index (χ0v) is 12.7. The second-order valence-electron chi connectivity index (χ2n) is 5.86. The molecule has 1 aromatic heterocycles. The molecule has 0 aliphatic rings. The average Bonchev–Trinajstić information content (AvgIpc) is 2.83. The van der Waals surface area contributed by atoms with Crippen molar-refractivity contribution in [3.8, 4) is 11.4 Å². The molecular weight excluding hydrogens is 270 g/mol. The summed E-state index contributed by atoms with van der Waals surface area (Å²) in [6.45, 7) is 4.21. The molecule has 0 atom stereocenters. The molecule has 0 aliphatic heterocycles. The molecule has 2 heteroatoms. The first-order valence-electron chi connectivity index (χ1n) is 7.44. The summed E-state index contributed by atoms with van der Waals surface area (Å²) in [5.74, 6) is 0.302. The summed E-state index contributed by atoms with van der Waals surface area (Å²) in [5.41, 5.74) is 4.43. The Bertz CT molecular complexity index is 1010. The summed E-state index contributed by atoms with van der Waals surface area (Å²) in [4.78, 5) is 0. The van der Waals surface area contributed by atoms with Crippen LogP contribution >= 0.6 is 0 Å². The van der Waals surface area contributed by atoms with Gasteiger partial charge in [-0.1, -0.05) is 42.0 Å². The summed E-state index contributed by atoms with van der Waals surface area (Å²) >= 11 is 0. The van der Waals surface area contributed by atoms with Crippen molar-refractivity contribution in [1.29, 1.82) is 0 Å². The number of phenolic OH excluding ortho intramolecular Hbond substituents is 1. The normalized spacial score (nSPS) is 11.4. The number of benzene rings is 3. The van der Waals surface area contributed by atoms with Crippen molar-refractivity contribution in [3.63, 3.8) is 0 Å². The fourth-order valence-electron chi connectivity index (χ4n) is 3.19. The first-order valence-corrected chi connectivity index (χ1v) is 7.44. The highest BCUT2D eigenvalue weighted by Crippen LogP contribution is 2.34. The molecule has 4 aromatic rings. The molecule has 1 heterocycles. The van der Waals surface area contributed by atoms with E-state index in [0.29, 0.717) is 5.75 Å². The number of phenols is 1. The van der Waals surface area contributed by atoms with E-state index in [1.165, 1.54) is 16.5 Å². The third-order valence-corrected chi connectivity index (χ3v) is 4.28. The van der Waals surface area contributed by atoms with E-state index in [-0.39, 0.29) is 0 Å². The molecule has 0 radical (unpaired) electrons. The molecule has 0 aliphatic carbocycles. The number of fused-ring (bicyclic) bond motifs is 2. The van der Waals surface area contributed by atoms with Crippen LogP contribution in [0.4, 0.5) is 0 Å². The van der Waals surface area contributed by atoms with Gasteiger partial charge in [-0.3, -0.25) is 0 Å². The number of aryl methyl sites for hydroxylation is 2. The Morgan fingerprint density at radius 3 is 2.55 bits per heavy atom. The van der Waals surface area contributed by atoms with Crippen LogP contribution in [-0.2, 0) is 0 Å². The van der Waals surface area contributed by atoms with E-state index >= 15 is 0 Å². The van der Waals surface area contributed by atoms with Crippen molar-refractivity contribution in [1.82, 2.24) is 4.57 Å². The maximum absolute atomic E-state index is 10.5. The minimum atomic E-state index is 0.302. The van der Waals surface area contributed by atoms with Gasteiger partial charge in [-0.05, 0) is 43.0 Å². The van der Waals surface area contributed by atoms with Crippen LogP contribution in [0, 0.1) is 13.8 Å². The highest BCUT2D eigenvalue weighted by Gasteiger charge is 2.13. The Labute approximate surface area is 129 Å². The number of nitrogens with zero attached hydrogens (tertiary/aromatic N) is 1. The summed E-state index contributed by atoms with van der Waals surface area (Å²) in [5, 5.41) is 13.9. The summed E-state index contributed by atoms with van der Waals surface area (Å²) < 4.78 is 2.10. The van der Waals surface area contributed by atoms with Crippen LogP contribution in [0.3, 0.4) is 0 Å². The summed E-state index contributed by atoms with van der Waals surface area (Å²) in [6, 6.07) is 18.3. The SMILES string of the molecule is Cc1ccc2c(c1)c(C)cn2-c1c(O)ccc2ccccc12. The van der Waals surface area contributed by atoms with Crippen LogP contribution in [0.25, 0.3) is 27.4 Å². The van der Waals surface area contributed by atoms with Gasteiger partial charge in [0, 0.05) is 17.0 Å². The minimum Gasteiger partial charge on any atom is -0.506 e. The van der Waals surface area contributed by atoms with E-state index in [4.69, 9.17) is 0 Å². The maximum atomic E-state index is 10.5. The second kappa shape index (κ2) is 4.63. The first-order chi connectivity index (χ1) is 10.6. The molecule has 0 spiro atoms. The predicted octanol–water partition coefficient (Wildman–Crippen LogP) is 5.11. The lowest BCUT2D eigenvalue weighted by molar-refractivity contribution is 0.473. The van der Waals surface area contributed by atoms with Crippen molar-refractivity contribution < 1.29 is 5.11 Å². The van der Waals surface area contributed by atoms with Crippen LogP contribution in [0.2, 0.25) is 0 Å². The van der Waals surface area contributed by atoms with Crippen LogP contribution in [0.1, 0.15) is 11.1 Å². The second-order valence-corrected chi connectivity index (χ2v) is 5.86. The van der Waals surface area contributed by atoms with Gasteiger partial charge in [-0.25, -0.2) is 0 Å². The number of hydrogen-bond donors (Lipinski definition) is 1. The average molecular weight is 287 g/mol. The lowest BCUT2D eigenvalue weighted by atomic mass is 10.1. The highest BCUT2D eigenvalue weighted by atomic mass is 16.3. The number of rotatable bonds is 1. The summed E-state index contributed by atoms with van der Waals surface area (Å²) in [6.07, 6.45) is 2.10. The van der Waals surface area contributed by atoms with E-state index in [1.807, 2.05) is 18.2 Å². The molecule has 2 nitrogen and oxygen atoms in total. The minimum absolute atomic E-state index is 0.302. The molecule has 0 fully saturated rings. The molecule has 108 valence electrons. The fraction of sp³-hybridized carbons (Fsp3) is 0.100. The lowest BCUT2D eigenvalue weighted by Gasteiger charge is -2.12. The number of aromatic hydroxyl groups is 1. The third-order valence-electron chi connectivity index (χ3n) is 4.28. The molecule has 22 heavy (non-hydrogen) atoms. The van der Waals surface area contributed by atoms with Gasteiger partial charge >= 0.3 is 0 Å². The van der Waals surface area contributed by atoms with Gasteiger partial charge in [0.25, 0.3) is 0 Å². The van der Waals surface area contributed by atoms with Gasteiger partial charge in [0.05, 0.1) is 11.2 Å². The quantitative estimate of drug-likeness (QED) is 0.517. The van der Waals surface area contributed by atoms with Crippen molar-refractivity contribution in [3.05, 3.63) is 71.9 Å². The smallest absolute Gasteiger partial charge is 0.140 e. The standard InChI is InChI=1S/C20H17NO/c1-13-7-9-18-17(11-13)14(2)12-21(18)20-16-6-4-3-5-15(16)8-10-19(20)22/h3-12,22H,1-2H3. The van der Waals surface area contributed by atoms with Crippen LogP contribution in [-0.4, -0.2) is 9.67 Å². The Kier molecular flexibility index (Phi) is 2.73. The van der Waals surface area contributed by atoms with Crippen LogP contribution in [0.15, 0.2) is 60.8 Å². The van der Waals surface area contributed by atoms with E-state index in [0.717, 1.165) is 22.0 Å². The van der Waals surface area contributed by atoms with Crippen LogP contribution in [0.5, 0.6) is 5.75 Å². The Hall–Kier alpha value is -2.74. The zero-order valence-electron chi connectivity index (χ0n) is 12.7. The molecule has 1 N–H and O–H groups in total. The Morgan fingerprint density at radius 1 is 0.864 bits per heavy atom. The molecule has 0 unspecified atom stereocenters. The largest absolute Gasteiger partial charge is 0.506 e. The lowest BCUT2D eigenvalue weighted by Crippen LogP contribution is -1.94. The van der Waals surface area contributed by atoms with Crippen LogP contribution < -0.4 is 0 Å². The summed E-state index contributed by atoms with van der Waals surface area (Å²) in [7, 11) is 0. The molecule has 0 bridgehead atoms. The van der Waals surface area contributed by atoms with Gasteiger partial charge < -0.3 is 9.67 Å². The molecule has 0 saturated carbocycles. The number of aromatic nitrogens is 1. The first kappa shape index (κ1) is 13.0. The van der Waals surface area contributed by atoms with E-state index in [1.54, 1.807) is 6.07 Å². The van der Waals surface area contributed by atoms with Crippen molar-refractivity contribution in [2.45, 2.75) is 13.8 Å². The Morgan fingerprint density at radius 2 is 1.68 bits per heavy atom. The number of hydrogen-bond acceptors (Lipinski definition) is 1. The van der Waals surface area contributed by atoms with E-state index in [2.05, 4.69) is 54.9 Å². The van der Waals surface area contributed by atoms with Crippen molar-refractivity contribution in [2.75, 3.05) is 0 Å². The Balaban J connectivity index is 2.14. The fourth-order valence-corrected chi connectivity index (χ4v) is 3.19. The van der Waals surface area contributed by atoms with Crippen molar-refractivity contribution in [2.24, 2.45) is 0 Å². The molecular formula is C20H17NO. The molecule has 0 saturated heterocycles. The van der Waals surface area contributed by atoms with Gasteiger partial charge in [0.1, 0.15) is 5.75 Å². The van der Waals surface area contributed by atoms with E-state index < -0.39 is 0 Å². The maximum Gasteiger partial charge on any atom is 0.140 e. The van der Waals surface area contributed by atoms with Crippen molar-refractivity contribution >= 4 is 21.7 Å². The third kappa shape index (κ3) is 1.81. The zero-order chi connectivity index (χ0) is 15.3. The van der Waals surface area contributed by atoms with Gasteiger partial charge in [-0.15, -0.1) is 0 Å². The monoisotopic (exact) mass is 287 g/mol. The molecule has 4 rings (SSSR count). The topological polar surface area (TPSA) is 25.2 Å².